The van der Waals surface area contributed by atoms with Crippen molar-refractivity contribution in [2.75, 3.05) is 26.5 Å². The maximum Gasteiger partial charge on any atom is 0.471 e. The molecule has 3 aromatic rings. The lowest BCUT2D eigenvalue weighted by molar-refractivity contribution is -0.129. The van der Waals surface area contributed by atoms with Gasteiger partial charge in [0.25, 0.3) is 5.91 Å². The van der Waals surface area contributed by atoms with Crippen LogP contribution in [0.2, 0.25) is 0 Å². The molecule has 1 aliphatic heterocycles. The molecule has 282 valence electrons. The van der Waals surface area contributed by atoms with Crippen LogP contribution in [-0.4, -0.2) is 83.3 Å². The number of nitrogens with zero attached hydrogens (tertiary/aromatic N) is 1. The third kappa shape index (κ3) is 12.8. The third-order valence-corrected chi connectivity index (χ3v) is 9.33. The summed E-state index contributed by atoms with van der Waals surface area (Å²) in [5.41, 5.74) is 3.55. The number of carbonyl (C=O) groups is 3. The minimum absolute atomic E-state index is 0.109. The molecule has 14 heteroatoms. The fraction of sp³-hybridized carbons (Fsp3) is 0.447. The highest BCUT2D eigenvalue weighted by molar-refractivity contribution is 7.46. The van der Waals surface area contributed by atoms with E-state index >= 15 is 0 Å². The zero-order valence-corrected chi connectivity index (χ0v) is 31.1. The van der Waals surface area contributed by atoms with Crippen LogP contribution in [-0.2, 0) is 36.3 Å². The van der Waals surface area contributed by atoms with Gasteiger partial charge in [-0.15, -0.1) is 0 Å². The second-order valence-electron chi connectivity index (χ2n) is 13.4. The number of nitrogens with one attached hydrogen (secondary N) is 3. The fourth-order valence-corrected chi connectivity index (χ4v) is 6.67. The summed E-state index contributed by atoms with van der Waals surface area (Å²) < 4.78 is 28.4. The first-order valence-corrected chi connectivity index (χ1v) is 19.1. The molecule has 4 rings (SSSR count). The Kier molecular flexibility index (Phi) is 15.2. The highest BCUT2D eigenvalue weighted by Crippen LogP contribution is 2.35. The van der Waals surface area contributed by atoms with Crippen LogP contribution in [0.1, 0.15) is 48.9 Å². The van der Waals surface area contributed by atoms with Crippen LogP contribution in [0.15, 0.2) is 78.9 Å². The maximum atomic E-state index is 14.1. The first-order chi connectivity index (χ1) is 24.8. The van der Waals surface area contributed by atoms with Crippen molar-refractivity contribution in [3.05, 3.63) is 101 Å². The van der Waals surface area contributed by atoms with Crippen molar-refractivity contribution in [2.24, 2.45) is 5.92 Å². The molecule has 13 nitrogen and oxygen atoms in total. The van der Waals surface area contributed by atoms with Gasteiger partial charge in [0.15, 0.2) is 13.4 Å². The largest absolute Gasteiger partial charge is 0.483 e. The van der Waals surface area contributed by atoms with Crippen molar-refractivity contribution in [2.45, 2.75) is 77.6 Å². The lowest BCUT2D eigenvalue weighted by Crippen LogP contribution is -2.59. The van der Waals surface area contributed by atoms with Gasteiger partial charge in [0, 0.05) is 19.1 Å². The number of ether oxygens (including phenoxy) is 2. The number of rotatable bonds is 19. The van der Waals surface area contributed by atoms with Crippen molar-refractivity contribution in [3.63, 3.8) is 0 Å². The van der Waals surface area contributed by atoms with Gasteiger partial charge in [-0.25, -0.2) is 9.36 Å². The van der Waals surface area contributed by atoms with Crippen LogP contribution in [0.25, 0.3) is 0 Å². The van der Waals surface area contributed by atoms with Gasteiger partial charge in [0.2, 0.25) is 5.91 Å². The summed E-state index contributed by atoms with van der Waals surface area (Å²) in [5.74, 6) is -0.378. The van der Waals surface area contributed by atoms with E-state index in [2.05, 4.69) is 16.0 Å². The van der Waals surface area contributed by atoms with E-state index in [1.807, 2.05) is 107 Å². The smallest absolute Gasteiger partial charge is 0.471 e. The molecule has 0 unspecified atom stereocenters. The molecule has 0 aromatic heterocycles. The number of phosphoric ester groups is 1. The molecule has 4 amide bonds. The average Bonchev–Trinajstić information content (AvgIpc) is 3.08. The van der Waals surface area contributed by atoms with Crippen molar-refractivity contribution in [1.29, 1.82) is 0 Å². The Hall–Kier alpha value is -4.26. The van der Waals surface area contributed by atoms with Crippen molar-refractivity contribution in [3.8, 4) is 5.75 Å². The van der Waals surface area contributed by atoms with E-state index in [9.17, 15) is 28.7 Å². The Labute approximate surface area is 305 Å². The summed E-state index contributed by atoms with van der Waals surface area (Å²) in [6, 6.07) is 22.2. The van der Waals surface area contributed by atoms with Gasteiger partial charge in [-0.2, -0.15) is 0 Å². The molecule has 0 spiro atoms. The van der Waals surface area contributed by atoms with E-state index in [4.69, 9.17) is 14.0 Å². The number of benzene rings is 3. The normalized spacial score (nSPS) is 15.7. The van der Waals surface area contributed by atoms with E-state index in [1.54, 1.807) is 4.90 Å². The standard InChI is InChI=1S/C38H51N4O9P/c1-26(2)35(42-20-12-19-39-38(42)45)37(44)40-31(21-29-15-7-5-8-16-29)23-33(50-25-51-52(46,47)48)32(22-30-17-9-6-10-18-30)41-34(43)24-49-36-27(3)13-11-14-28(36)4/h5-11,13-18,26,31-33,35H,12,19-25H2,1-4H3,(H,39,45)(H,40,44)(H,41,43)(H2,46,47,48)/t31-,32+,33+,35+/m1/s1. The molecule has 0 radical (unpaired) electrons. The maximum absolute atomic E-state index is 14.1. The van der Waals surface area contributed by atoms with Crippen LogP contribution < -0.4 is 20.7 Å². The van der Waals surface area contributed by atoms with Crippen LogP contribution in [0.5, 0.6) is 5.75 Å². The van der Waals surface area contributed by atoms with E-state index in [1.165, 1.54) is 0 Å². The topological polar surface area (TPSA) is 176 Å². The van der Waals surface area contributed by atoms with Crippen molar-refractivity contribution < 1.29 is 42.7 Å². The van der Waals surface area contributed by atoms with Crippen LogP contribution >= 0.6 is 7.82 Å². The summed E-state index contributed by atoms with van der Waals surface area (Å²) in [7, 11) is -4.90. The van der Waals surface area contributed by atoms with E-state index < -0.39 is 44.8 Å². The molecule has 5 N–H and O–H groups in total. The van der Waals surface area contributed by atoms with E-state index in [0.29, 0.717) is 31.7 Å². The van der Waals surface area contributed by atoms with Crippen LogP contribution in [0.3, 0.4) is 0 Å². The summed E-state index contributed by atoms with van der Waals surface area (Å²) in [5, 5.41) is 9.02. The first kappa shape index (κ1) is 40.5. The second kappa shape index (κ2) is 19.5. The minimum Gasteiger partial charge on any atom is -0.483 e. The van der Waals surface area contributed by atoms with Crippen LogP contribution in [0, 0.1) is 19.8 Å². The number of para-hydroxylation sites is 1. The number of carbonyl (C=O) groups excluding carboxylic acids is 3. The Morgan fingerprint density at radius 3 is 2.10 bits per heavy atom. The van der Waals surface area contributed by atoms with Gasteiger partial charge in [-0.05, 0) is 67.7 Å². The molecule has 1 fully saturated rings. The molecule has 1 saturated heterocycles. The monoisotopic (exact) mass is 738 g/mol. The van der Waals surface area contributed by atoms with Gasteiger partial charge in [-0.3, -0.25) is 14.1 Å². The summed E-state index contributed by atoms with van der Waals surface area (Å²) in [4.78, 5) is 60.9. The third-order valence-electron chi connectivity index (χ3n) is 8.89. The fourth-order valence-electron chi connectivity index (χ4n) is 6.47. The molecular weight excluding hydrogens is 687 g/mol. The zero-order chi connectivity index (χ0) is 37.7. The molecule has 0 bridgehead atoms. The van der Waals surface area contributed by atoms with Gasteiger partial charge >= 0.3 is 13.9 Å². The van der Waals surface area contributed by atoms with E-state index in [0.717, 1.165) is 22.3 Å². The molecule has 0 saturated carbocycles. The van der Waals surface area contributed by atoms with Crippen molar-refractivity contribution in [1.82, 2.24) is 20.9 Å². The number of hydrogen-bond acceptors (Lipinski definition) is 7. The summed E-state index contributed by atoms with van der Waals surface area (Å²) in [6.45, 7) is 7.47. The van der Waals surface area contributed by atoms with Crippen LogP contribution in [0.4, 0.5) is 4.79 Å². The number of hydrogen-bond donors (Lipinski definition) is 5. The Bertz CT molecular complexity index is 1630. The highest BCUT2D eigenvalue weighted by Gasteiger charge is 2.36. The average molecular weight is 739 g/mol. The quantitative estimate of drug-likeness (QED) is 0.0881. The lowest BCUT2D eigenvalue weighted by Gasteiger charge is -2.37. The van der Waals surface area contributed by atoms with Gasteiger partial charge in [0.05, 0.1) is 12.1 Å². The molecule has 52 heavy (non-hydrogen) atoms. The minimum atomic E-state index is -4.90. The predicted octanol–water partition coefficient (Wildman–Crippen LogP) is 4.42. The molecule has 4 atom stereocenters. The number of urea groups is 1. The summed E-state index contributed by atoms with van der Waals surface area (Å²) in [6.07, 6.45) is 0.549. The van der Waals surface area contributed by atoms with Gasteiger partial charge < -0.3 is 40.1 Å². The second-order valence-corrected chi connectivity index (χ2v) is 14.7. The predicted molar refractivity (Wildman–Crippen MR) is 196 cm³/mol. The number of amides is 4. The lowest BCUT2D eigenvalue weighted by atomic mass is 9.92. The summed E-state index contributed by atoms with van der Waals surface area (Å²) >= 11 is 0. The SMILES string of the molecule is Cc1cccc(C)c1OCC(=O)N[C@@H](Cc1ccccc1)[C@H](C[C@@H](Cc1ccccc1)NC(=O)[C@H](C(C)C)N1CCCNC1=O)OCOP(=O)(O)O. The first-order valence-electron chi connectivity index (χ1n) is 17.5. The molecule has 1 heterocycles. The van der Waals surface area contributed by atoms with Gasteiger partial charge in [0.1, 0.15) is 11.8 Å². The molecule has 0 aliphatic carbocycles. The number of aryl methyl sites for hydroxylation is 2. The van der Waals surface area contributed by atoms with Gasteiger partial charge in [-0.1, -0.05) is 92.7 Å². The molecule has 3 aromatic carbocycles. The Morgan fingerprint density at radius 2 is 1.52 bits per heavy atom. The Morgan fingerprint density at radius 1 is 0.904 bits per heavy atom. The Balaban J connectivity index is 1.65. The highest BCUT2D eigenvalue weighted by atomic mass is 31.2. The van der Waals surface area contributed by atoms with E-state index in [-0.39, 0.29) is 37.3 Å². The van der Waals surface area contributed by atoms with Crippen molar-refractivity contribution >= 4 is 25.7 Å². The molecule has 1 aliphatic rings. The molecular formula is C38H51N4O9P. The zero-order valence-electron chi connectivity index (χ0n) is 30.2. The number of phosphoric acid groups is 1.